The highest BCUT2D eigenvalue weighted by atomic mass is 32.2. The molecule has 0 aliphatic rings. The van der Waals surface area contributed by atoms with E-state index in [2.05, 4.69) is 32.3 Å². The largest absolute Gasteiger partial charge is 0.309 e. The van der Waals surface area contributed by atoms with Crippen molar-refractivity contribution in [3.8, 4) is 0 Å². The molecule has 0 fully saturated rings. The Morgan fingerprint density at radius 2 is 2.15 bits per heavy atom. The molecule has 20 heavy (non-hydrogen) atoms. The first-order valence-corrected chi connectivity index (χ1v) is 8.15. The number of non-ortho nitro benzene ring substituents is 1. The normalized spacial score (nSPS) is 13.2. The predicted octanol–water partition coefficient (Wildman–Crippen LogP) is 4.17. The first-order valence-electron chi connectivity index (χ1n) is 6.92. The van der Waals surface area contributed by atoms with Crippen LogP contribution in [0, 0.1) is 10.1 Å². The summed E-state index contributed by atoms with van der Waals surface area (Å²) in [4.78, 5) is 10.5. The summed E-state index contributed by atoms with van der Waals surface area (Å²) in [5, 5.41) is 14.4. The van der Waals surface area contributed by atoms with Gasteiger partial charge < -0.3 is 5.32 Å². The molecule has 0 aliphatic heterocycles. The van der Waals surface area contributed by atoms with Gasteiger partial charge in [-0.25, -0.2) is 0 Å². The topological polar surface area (TPSA) is 55.2 Å². The maximum absolute atomic E-state index is 10.9. The fraction of sp³-hybridized carbons (Fsp3) is 0.600. The van der Waals surface area contributed by atoms with Crippen LogP contribution in [-0.4, -0.2) is 22.5 Å². The van der Waals surface area contributed by atoms with Crippen molar-refractivity contribution in [3.05, 3.63) is 39.9 Å². The molecule has 0 bridgehead atoms. The van der Waals surface area contributed by atoms with E-state index >= 15 is 0 Å². The molecule has 1 rings (SSSR count). The zero-order chi connectivity index (χ0) is 15.2. The van der Waals surface area contributed by atoms with Gasteiger partial charge in [-0.3, -0.25) is 10.1 Å². The third-order valence-corrected chi connectivity index (χ3v) is 4.64. The van der Waals surface area contributed by atoms with Crippen LogP contribution in [-0.2, 0) is 0 Å². The van der Waals surface area contributed by atoms with Gasteiger partial charge in [-0.2, -0.15) is 11.8 Å². The van der Waals surface area contributed by atoms with Crippen LogP contribution in [0.15, 0.2) is 24.3 Å². The molecule has 0 heterocycles. The summed E-state index contributed by atoms with van der Waals surface area (Å²) in [7, 11) is 0. The van der Waals surface area contributed by atoms with Gasteiger partial charge in [0.2, 0.25) is 0 Å². The third kappa shape index (κ3) is 5.13. The van der Waals surface area contributed by atoms with E-state index in [0.29, 0.717) is 0 Å². The number of nitro benzene ring substituents is 1. The van der Waals surface area contributed by atoms with Crippen LogP contribution >= 0.6 is 11.8 Å². The van der Waals surface area contributed by atoms with Crippen molar-refractivity contribution in [1.82, 2.24) is 5.32 Å². The number of hydrogen-bond acceptors (Lipinski definition) is 4. The quantitative estimate of drug-likeness (QED) is 0.578. The van der Waals surface area contributed by atoms with E-state index in [-0.39, 0.29) is 21.4 Å². The van der Waals surface area contributed by atoms with Gasteiger partial charge in [0.05, 0.1) is 4.92 Å². The van der Waals surface area contributed by atoms with Gasteiger partial charge in [0.1, 0.15) is 0 Å². The molecular formula is C15H24N2O2S. The number of benzene rings is 1. The Balaban J connectivity index is 2.85. The molecule has 1 unspecified atom stereocenters. The molecule has 0 aliphatic carbocycles. The predicted molar refractivity (Wildman–Crippen MR) is 86.3 cm³/mol. The van der Waals surface area contributed by atoms with Crippen LogP contribution < -0.4 is 5.32 Å². The fourth-order valence-electron chi connectivity index (χ4n) is 1.97. The second-order valence-corrected chi connectivity index (χ2v) is 7.05. The number of nitrogens with one attached hydrogen (secondary N) is 1. The smallest absolute Gasteiger partial charge is 0.269 e. The highest BCUT2D eigenvalue weighted by molar-refractivity contribution is 7.99. The summed E-state index contributed by atoms with van der Waals surface area (Å²) in [6.07, 6.45) is 4.12. The maximum atomic E-state index is 10.9. The lowest BCUT2D eigenvalue weighted by molar-refractivity contribution is -0.384. The number of rotatable bonds is 8. The summed E-state index contributed by atoms with van der Waals surface area (Å²) >= 11 is 1.82. The second-order valence-electron chi connectivity index (χ2n) is 5.54. The highest BCUT2D eigenvalue weighted by Crippen LogP contribution is 2.25. The molecule has 0 spiro atoms. The first-order chi connectivity index (χ1) is 9.39. The molecule has 0 amide bonds. The highest BCUT2D eigenvalue weighted by Gasteiger charge is 2.20. The average molecular weight is 296 g/mol. The molecule has 1 N–H and O–H groups in total. The van der Waals surface area contributed by atoms with Gasteiger partial charge in [-0.15, -0.1) is 0 Å². The zero-order valence-electron chi connectivity index (χ0n) is 12.7. The van der Waals surface area contributed by atoms with Crippen molar-refractivity contribution in [2.45, 2.75) is 44.4 Å². The standard InChI is InChI=1S/C15H24N2O2S/c1-5-7-14(16-11-15(2,3)20-4)12-8-6-9-13(10-12)17(18)19/h6,8-10,14,16H,5,7,11H2,1-4H3. The molecule has 0 radical (unpaired) electrons. The SMILES string of the molecule is CCCC(NCC(C)(C)SC)c1cccc([N+](=O)[O-])c1. The van der Waals surface area contributed by atoms with Crippen LogP contribution in [0.1, 0.15) is 45.2 Å². The van der Waals surface area contributed by atoms with E-state index in [1.165, 1.54) is 0 Å². The van der Waals surface area contributed by atoms with Crippen LogP contribution in [0.3, 0.4) is 0 Å². The Hall–Kier alpha value is -1.07. The molecular weight excluding hydrogens is 272 g/mol. The summed E-state index contributed by atoms with van der Waals surface area (Å²) in [6.45, 7) is 7.40. The van der Waals surface area contributed by atoms with E-state index in [9.17, 15) is 10.1 Å². The van der Waals surface area contributed by atoms with E-state index < -0.39 is 0 Å². The summed E-state index contributed by atoms with van der Waals surface area (Å²) < 4.78 is 0.159. The summed E-state index contributed by atoms with van der Waals surface area (Å²) in [5.41, 5.74) is 1.16. The molecule has 1 aromatic carbocycles. The second kappa shape index (κ2) is 7.64. The Labute approximate surface area is 125 Å². The molecule has 5 heteroatoms. The molecule has 0 saturated carbocycles. The summed E-state index contributed by atoms with van der Waals surface area (Å²) in [5.74, 6) is 0. The van der Waals surface area contributed by atoms with Crippen LogP contribution in [0.4, 0.5) is 5.69 Å². The zero-order valence-corrected chi connectivity index (χ0v) is 13.5. The summed E-state index contributed by atoms with van der Waals surface area (Å²) in [6, 6.07) is 7.12. The Morgan fingerprint density at radius 1 is 1.45 bits per heavy atom. The van der Waals surface area contributed by atoms with Crippen molar-refractivity contribution in [3.63, 3.8) is 0 Å². The van der Waals surface area contributed by atoms with Crippen LogP contribution in [0.5, 0.6) is 0 Å². The number of nitrogens with zero attached hydrogens (tertiary/aromatic N) is 1. The molecule has 1 aromatic rings. The lowest BCUT2D eigenvalue weighted by atomic mass is 10.0. The monoisotopic (exact) mass is 296 g/mol. The van der Waals surface area contributed by atoms with E-state index in [4.69, 9.17) is 0 Å². The van der Waals surface area contributed by atoms with E-state index in [1.807, 2.05) is 17.8 Å². The molecule has 1 atom stereocenters. The number of hydrogen-bond donors (Lipinski definition) is 1. The van der Waals surface area contributed by atoms with Crippen LogP contribution in [0.25, 0.3) is 0 Å². The minimum absolute atomic E-state index is 0.159. The minimum atomic E-state index is -0.335. The molecule has 0 aromatic heterocycles. The van der Waals surface area contributed by atoms with Crippen molar-refractivity contribution >= 4 is 17.4 Å². The van der Waals surface area contributed by atoms with E-state index in [1.54, 1.807) is 18.2 Å². The maximum Gasteiger partial charge on any atom is 0.269 e. The lowest BCUT2D eigenvalue weighted by Gasteiger charge is -2.27. The van der Waals surface area contributed by atoms with Crippen molar-refractivity contribution in [1.29, 1.82) is 0 Å². The van der Waals surface area contributed by atoms with Gasteiger partial charge in [0.15, 0.2) is 0 Å². The van der Waals surface area contributed by atoms with Gasteiger partial charge in [0, 0.05) is 29.5 Å². The van der Waals surface area contributed by atoms with E-state index in [0.717, 1.165) is 24.9 Å². The van der Waals surface area contributed by atoms with Crippen LogP contribution in [0.2, 0.25) is 0 Å². The lowest BCUT2D eigenvalue weighted by Crippen LogP contribution is -2.34. The van der Waals surface area contributed by atoms with Crippen molar-refractivity contribution in [2.75, 3.05) is 12.8 Å². The average Bonchev–Trinajstić information content (AvgIpc) is 2.43. The van der Waals surface area contributed by atoms with Crippen molar-refractivity contribution in [2.24, 2.45) is 0 Å². The molecule has 112 valence electrons. The first kappa shape index (κ1) is 17.0. The Morgan fingerprint density at radius 3 is 2.70 bits per heavy atom. The molecule has 4 nitrogen and oxygen atoms in total. The Bertz CT molecular complexity index is 449. The fourth-order valence-corrected chi connectivity index (χ4v) is 2.20. The number of nitro groups is 1. The minimum Gasteiger partial charge on any atom is -0.309 e. The van der Waals surface area contributed by atoms with Gasteiger partial charge in [-0.05, 0) is 32.1 Å². The Kier molecular flexibility index (Phi) is 6.49. The van der Waals surface area contributed by atoms with Gasteiger partial charge >= 0.3 is 0 Å². The third-order valence-electron chi connectivity index (χ3n) is 3.39. The number of thioether (sulfide) groups is 1. The van der Waals surface area contributed by atoms with Gasteiger partial charge in [-0.1, -0.05) is 25.5 Å². The van der Waals surface area contributed by atoms with Crippen molar-refractivity contribution < 1.29 is 4.92 Å². The van der Waals surface area contributed by atoms with Gasteiger partial charge in [0.25, 0.3) is 5.69 Å². The molecule has 0 saturated heterocycles.